The van der Waals surface area contributed by atoms with Gasteiger partial charge in [-0.25, -0.2) is 4.79 Å². The molecule has 0 amide bonds. The zero-order chi connectivity index (χ0) is 15.0. The topological polar surface area (TPSA) is 53.4 Å². The smallest absolute Gasteiger partial charge is 0.337 e. The highest BCUT2D eigenvalue weighted by molar-refractivity contribution is 5.92. The molecule has 4 heteroatoms. The van der Waals surface area contributed by atoms with Crippen LogP contribution in [-0.2, 0) is 0 Å². The number of nitrogens with zero attached hydrogens (tertiary/aromatic N) is 2. The summed E-state index contributed by atoms with van der Waals surface area (Å²) in [6.45, 7) is 10.1. The predicted molar refractivity (Wildman–Crippen MR) is 82.2 cm³/mol. The van der Waals surface area contributed by atoms with Crippen molar-refractivity contribution in [1.29, 1.82) is 0 Å². The van der Waals surface area contributed by atoms with E-state index < -0.39 is 5.97 Å². The Balaban J connectivity index is 0.000000246. The Morgan fingerprint density at radius 2 is 1.75 bits per heavy atom. The molecule has 0 aliphatic heterocycles. The van der Waals surface area contributed by atoms with E-state index in [2.05, 4.69) is 30.7 Å². The van der Waals surface area contributed by atoms with Crippen molar-refractivity contribution in [2.45, 2.75) is 20.8 Å². The van der Waals surface area contributed by atoms with Crippen molar-refractivity contribution in [1.82, 2.24) is 9.88 Å². The van der Waals surface area contributed by atoms with Gasteiger partial charge in [-0.15, -0.1) is 0 Å². The molecule has 1 N–H and O–H groups in total. The summed E-state index contributed by atoms with van der Waals surface area (Å²) in [5, 5.41) is 9.55. The lowest BCUT2D eigenvalue weighted by atomic mass is 10.2. The largest absolute Gasteiger partial charge is 0.478 e. The molecular formula is C16H22N2O2. The van der Waals surface area contributed by atoms with Crippen LogP contribution in [0, 0.1) is 0 Å². The zero-order valence-electron chi connectivity index (χ0n) is 12.3. The molecule has 0 saturated carbocycles. The fraction of sp³-hybridized carbons (Fsp3) is 0.375. The van der Waals surface area contributed by atoms with Gasteiger partial charge in [-0.05, 0) is 31.8 Å². The van der Waals surface area contributed by atoms with Gasteiger partial charge in [-0.1, -0.05) is 39.0 Å². The van der Waals surface area contributed by atoms with Gasteiger partial charge >= 0.3 is 5.97 Å². The Labute approximate surface area is 120 Å². The van der Waals surface area contributed by atoms with Crippen molar-refractivity contribution in [2.24, 2.45) is 0 Å². The monoisotopic (exact) mass is 274 g/mol. The summed E-state index contributed by atoms with van der Waals surface area (Å²) in [5.74, 6) is -0.946. The van der Waals surface area contributed by atoms with Crippen molar-refractivity contribution in [2.75, 3.05) is 19.6 Å². The van der Waals surface area contributed by atoms with Crippen LogP contribution in [0.2, 0.25) is 0 Å². The number of pyridine rings is 1. The normalized spacial score (nSPS) is 10.2. The Hall–Kier alpha value is -1.94. The third-order valence-electron chi connectivity index (χ3n) is 3.18. The standard InChI is InChI=1S/C10H7NO2.C6H15N/c12-10(13)8-5-7-3-1-2-4-9(7)11-6-8;1-4-7(5-2)6-3/h1-6H,(H,12,13);4-6H2,1-3H3. The van der Waals surface area contributed by atoms with Gasteiger partial charge in [0.2, 0.25) is 0 Å². The number of fused-ring (bicyclic) bond motifs is 1. The molecule has 0 aliphatic rings. The molecule has 0 atom stereocenters. The van der Waals surface area contributed by atoms with E-state index in [4.69, 9.17) is 5.11 Å². The number of carbonyl (C=O) groups is 1. The second-order valence-corrected chi connectivity index (χ2v) is 4.34. The van der Waals surface area contributed by atoms with Crippen LogP contribution in [0.3, 0.4) is 0 Å². The van der Waals surface area contributed by atoms with Gasteiger partial charge in [0.1, 0.15) is 0 Å². The first-order valence-corrected chi connectivity index (χ1v) is 6.92. The van der Waals surface area contributed by atoms with Gasteiger partial charge in [-0.2, -0.15) is 0 Å². The minimum atomic E-state index is -0.946. The fourth-order valence-corrected chi connectivity index (χ4v) is 1.86. The molecule has 0 fully saturated rings. The van der Waals surface area contributed by atoms with Gasteiger partial charge in [0.15, 0.2) is 0 Å². The molecular weight excluding hydrogens is 252 g/mol. The van der Waals surface area contributed by atoms with Crippen molar-refractivity contribution in [3.05, 3.63) is 42.1 Å². The highest BCUT2D eigenvalue weighted by Crippen LogP contribution is 2.12. The summed E-state index contributed by atoms with van der Waals surface area (Å²) in [6, 6.07) is 9.03. The van der Waals surface area contributed by atoms with Crippen LogP contribution in [0.15, 0.2) is 36.5 Å². The minimum Gasteiger partial charge on any atom is -0.478 e. The number of para-hydroxylation sites is 1. The number of benzene rings is 1. The molecule has 2 rings (SSSR count). The molecule has 0 unspecified atom stereocenters. The third kappa shape index (κ3) is 4.63. The summed E-state index contributed by atoms with van der Waals surface area (Å²) < 4.78 is 0. The molecule has 1 heterocycles. The number of aromatic carboxylic acids is 1. The van der Waals surface area contributed by atoms with Crippen molar-refractivity contribution in [3.8, 4) is 0 Å². The predicted octanol–water partition coefficient (Wildman–Crippen LogP) is 3.28. The lowest BCUT2D eigenvalue weighted by molar-refractivity contribution is 0.0696. The van der Waals surface area contributed by atoms with E-state index in [9.17, 15) is 4.79 Å². The Morgan fingerprint density at radius 3 is 2.25 bits per heavy atom. The number of rotatable bonds is 4. The quantitative estimate of drug-likeness (QED) is 0.929. The molecule has 20 heavy (non-hydrogen) atoms. The van der Waals surface area contributed by atoms with Crippen LogP contribution in [-0.4, -0.2) is 40.6 Å². The summed E-state index contributed by atoms with van der Waals surface area (Å²) >= 11 is 0. The zero-order valence-corrected chi connectivity index (χ0v) is 12.3. The maximum atomic E-state index is 10.6. The first-order chi connectivity index (χ1) is 9.62. The molecule has 0 spiro atoms. The molecule has 2 aromatic rings. The van der Waals surface area contributed by atoms with Crippen molar-refractivity contribution in [3.63, 3.8) is 0 Å². The third-order valence-corrected chi connectivity index (χ3v) is 3.18. The minimum absolute atomic E-state index is 0.221. The first kappa shape index (κ1) is 16.1. The number of aromatic nitrogens is 1. The molecule has 0 saturated heterocycles. The summed E-state index contributed by atoms with van der Waals surface area (Å²) in [5.41, 5.74) is 1.03. The maximum Gasteiger partial charge on any atom is 0.337 e. The number of hydrogen-bond donors (Lipinski definition) is 1. The molecule has 108 valence electrons. The van der Waals surface area contributed by atoms with E-state index in [1.807, 2.05) is 24.3 Å². The van der Waals surface area contributed by atoms with Crippen LogP contribution in [0.25, 0.3) is 10.9 Å². The van der Waals surface area contributed by atoms with Gasteiger partial charge in [0.25, 0.3) is 0 Å². The second kappa shape index (κ2) is 8.27. The van der Waals surface area contributed by atoms with Gasteiger partial charge in [0, 0.05) is 11.6 Å². The fourth-order valence-electron chi connectivity index (χ4n) is 1.86. The van der Waals surface area contributed by atoms with Gasteiger partial charge in [-0.3, -0.25) is 4.98 Å². The van der Waals surface area contributed by atoms with Gasteiger partial charge in [0.05, 0.1) is 11.1 Å². The van der Waals surface area contributed by atoms with E-state index in [1.54, 1.807) is 6.07 Å². The number of carboxylic acid groups (broad SMARTS) is 1. The van der Waals surface area contributed by atoms with Crippen LogP contribution in [0.4, 0.5) is 0 Å². The SMILES string of the molecule is CCN(CC)CC.O=C(O)c1cnc2ccccc2c1. The average Bonchev–Trinajstić information content (AvgIpc) is 2.49. The highest BCUT2D eigenvalue weighted by Gasteiger charge is 2.03. The molecule has 1 aromatic carbocycles. The second-order valence-electron chi connectivity index (χ2n) is 4.34. The van der Waals surface area contributed by atoms with Crippen molar-refractivity contribution >= 4 is 16.9 Å². The van der Waals surface area contributed by atoms with E-state index in [0.29, 0.717) is 0 Å². The van der Waals surface area contributed by atoms with Gasteiger partial charge < -0.3 is 10.0 Å². The number of hydrogen-bond acceptors (Lipinski definition) is 3. The molecule has 0 bridgehead atoms. The Morgan fingerprint density at radius 1 is 1.15 bits per heavy atom. The van der Waals surface area contributed by atoms with E-state index in [1.165, 1.54) is 25.8 Å². The molecule has 0 radical (unpaired) electrons. The first-order valence-electron chi connectivity index (χ1n) is 6.92. The summed E-state index contributed by atoms with van der Waals surface area (Å²) in [6.07, 6.45) is 1.37. The van der Waals surface area contributed by atoms with Crippen LogP contribution in [0.5, 0.6) is 0 Å². The lowest BCUT2D eigenvalue weighted by Gasteiger charge is -2.13. The Kier molecular flexibility index (Phi) is 6.67. The van der Waals surface area contributed by atoms with Crippen LogP contribution in [0.1, 0.15) is 31.1 Å². The Bertz CT molecular complexity index is 545. The van der Waals surface area contributed by atoms with E-state index in [0.717, 1.165) is 10.9 Å². The molecule has 4 nitrogen and oxygen atoms in total. The maximum absolute atomic E-state index is 10.6. The van der Waals surface area contributed by atoms with Crippen molar-refractivity contribution < 1.29 is 9.90 Å². The lowest BCUT2D eigenvalue weighted by Crippen LogP contribution is -2.21. The molecule has 0 aliphatic carbocycles. The van der Waals surface area contributed by atoms with Crippen LogP contribution < -0.4 is 0 Å². The van der Waals surface area contributed by atoms with Crippen LogP contribution >= 0.6 is 0 Å². The van der Waals surface area contributed by atoms with E-state index in [-0.39, 0.29) is 5.56 Å². The number of carboxylic acids is 1. The summed E-state index contributed by atoms with van der Waals surface area (Å²) in [7, 11) is 0. The highest BCUT2D eigenvalue weighted by atomic mass is 16.4. The molecule has 1 aromatic heterocycles. The summed E-state index contributed by atoms with van der Waals surface area (Å²) in [4.78, 5) is 17.0. The van der Waals surface area contributed by atoms with E-state index >= 15 is 0 Å². The average molecular weight is 274 g/mol.